The Balaban J connectivity index is 3.10. The van der Waals surface area contributed by atoms with Crippen molar-refractivity contribution in [2.45, 2.75) is 33.4 Å². The van der Waals surface area contributed by atoms with E-state index in [9.17, 15) is 0 Å². The van der Waals surface area contributed by atoms with Crippen LogP contribution >= 0.6 is 0 Å². The van der Waals surface area contributed by atoms with Crippen molar-refractivity contribution in [1.82, 2.24) is 0 Å². The summed E-state index contributed by atoms with van der Waals surface area (Å²) in [4.78, 5) is 0. The van der Waals surface area contributed by atoms with Crippen LogP contribution in [0.15, 0.2) is 0 Å². The van der Waals surface area contributed by atoms with Gasteiger partial charge in [-0.25, -0.2) is 0 Å². The molecule has 0 aliphatic carbocycles. The van der Waals surface area contributed by atoms with Gasteiger partial charge in [0, 0.05) is 0 Å². The van der Waals surface area contributed by atoms with Gasteiger partial charge in [-0.2, -0.15) is 0 Å². The lowest BCUT2D eigenvalue weighted by Gasteiger charge is -2.06. The molecule has 0 radical (unpaired) electrons. The van der Waals surface area contributed by atoms with Crippen molar-refractivity contribution in [1.29, 1.82) is 0 Å². The fourth-order valence-corrected chi connectivity index (χ4v) is 0.801. The van der Waals surface area contributed by atoms with Gasteiger partial charge in [0.15, 0.2) is 0 Å². The van der Waals surface area contributed by atoms with E-state index in [4.69, 9.17) is 5.64 Å². The first-order chi connectivity index (χ1) is 3.66. The summed E-state index contributed by atoms with van der Waals surface area (Å²) in [7, 11) is 0. The second-order valence-corrected chi connectivity index (χ2v) is 2.73. The zero-order chi connectivity index (χ0) is 6.57. The summed E-state index contributed by atoms with van der Waals surface area (Å²) in [5.41, 5.74) is 5.57. The molecule has 0 rings (SSSR count). The number of rotatable bonds is 3. The number of nitrogens with two attached hydrogens (primary N) is 1. The van der Waals surface area contributed by atoms with Crippen LogP contribution in [-0.4, -0.2) is 6.85 Å². The molecule has 0 aliphatic heterocycles. The third-order valence-electron chi connectivity index (χ3n) is 1.47. The Labute approximate surface area is 52.7 Å². The summed E-state index contributed by atoms with van der Waals surface area (Å²) < 4.78 is 0. The van der Waals surface area contributed by atoms with Crippen molar-refractivity contribution in [3.05, 3.63) is 0 Å². The van der Waals surface area contributed by atoms with E-state index in [2.05, 4.69) is 20.7 Å². The topological polar surface area (TPSA) is 26.0 Å². The molecule has 0 aliphatic rings. The molecule has 0 bridgehead atoms. The van der Waals surface area contributed by atoms with E-state index in [1.807, 2.05) is 0 Å². The second kappa shape index (κ2) is 3.96. The quantitative estimate of drug-likeness (QED) is 0.553. The minimum Gasteiger partial charge on any atom is -0.370 e. The maximum atomic E-state index is 5.57. The first-order valence-corrected chi connectivity index (χ1v) is 3.42. The summed E-state index contributed by atoms with van der Waals surface area (Å²) in [5, 5.41) is 0. The lowest BCUT2D eigenvalue weighted by atomic mass is 9.60. The standard InChI is InChI=1S/C6H16BN/c1-4-6(2)5-7(3)8/h6H,4-5,8H2,1-3H3. The Morgan fingerprint density at radius 1 is 1.62 bits per heavy atom. The molecule has 0 saturated heterocycles. The summed E-state index contributed by atoms with van der Waals surface area (Å²) in [6.45, 7) is 6.88. The van der Waals surface area contributed by atoms with E-state index >= 15 is 0 Å². The molecular weight excluding hydrogens is 96.9 g/mol. The van der Waals surface area contributed by atoms with Gasteiger partial charge < -0.3 is 5.64 Å². The molecule has 0 saturated carbocycles. The molecular formula is C6H16BN. The Morgan fingerprint density at radius 2 is 2.12 bits per heavy atom. The summed E-state index contributed by atoms with van der Waals surface area (Å²) >= 11 is 0. The first kappa shape index (κ1) is 8.02. The lowest BCUT2D eigenvalue weighted by Crippen LogP contribution is -2.22. The SMILES string of the molecule is CCC(C)CB(C)N. The van der Waals surface area contributed by atoms with Gasteiger partial charge in [-0.3, -0.25) is 0 Å². The maximum absolute atomic E-state index is 5.57. The Bertz CT molecular complexity index is 54.5. The zero-order valence-electron chi connectivity index (χ0n) is 6.15. The van der Waals surface area contributed by atoms with Crippen LogP contribution < -0.4 is 5.64 Å². The van der Waals surface area contributed by atoms with Crippen LogP contribution in [0.25, 0.3) is 0 Å². The summed E-state index contributed by atoms with van der Waals surface area (Å²) in [5.74, 6) is 0.801. The predicted octanol–water partition coefficient (Wildman–Crippen LogP) is 1.61. The minimum atomic E-state index is 0.380. The largest absolute Gasteiger partial charge is 0.370 e. The van der Waals surface area contributed by atoms with E-state index in [0.29, 0.717) is 6.85 Å². The molecule has 1 atom stereocenters. The third kappa shape index (κ3) is 4.19. The van der Waals surface area contributed by atoms with Crippen LogP contribution in [0, 0.1) is 5.92 Å². The van der Waals surface area contributed by atoms with E-state index < -0.39 is 0 Å². The van der Waals surface area contributed by atoms with Crippen molar-refractivity contribution in [3.8, 4) is 0 Å². The van der Waals surface area contributed by atoms with Crippen molar-refractivity contribution in [2.75, 3.05) is 0 Å². The maximum Gasteiger partial charge on any atom is 0.214 e. The minimum absolute atomic E-state index is 0.380. The van der Waals surface area contributed by atoms with Crippen LogP contribution in [-0.2, 0) is 0 Å². The second-order valence-electron chi connectivity index (χ2n) is 2.73. The van der Waals surface area contributed by atoms with Crippen molar-refractivity contribution in [3.63, 3.8) is 0 Å². The Hall–Kier alpha value is 0.0249. The van der Waals surface area contributed by atoms with Gasteiger partial charge in [0.25, 0.3) is 0 Å². The summed E-state index contributed by atoms with van der Waals surface area (Å²) in [6.07, 6.45) is 2.41. The fraction of sp³-hybridized carbons (Fsp3) is 1.00. The zero-order valence-corrected chi connectivity index (χ0v) is 6.15. The predicted molar refractivity (Wildman–Crippen MR) is 40.1 cm³/mol. The van der Waals surface area contributed by atoms with E-state index in [1.165, 1.54) is 6.42 Å². The average molecular weight is 113 g/mol. The highest BCUT2D eigenvalue weighted by Gasteiger charge is 2.04. The van der Waals surface area contributed by atoms with Crippen LogP contribution in [0.4, 0.5) is 0 Å². The van der Waals surface area contributed by atoms with Crippen molar-refractivity contribution < 1.29 is 0 Å². The molecule has 0 fully saturated rings. The number of hydrogen-bond donors (Lipinski definition) is 1. The van der Waals surface area contributed by atoms with Crippen molar-refractivity contribution in [2.24, 2.45) is 11.6 Å². The van der Waals surface area contributed by atoms with Crippen LogP contribution in [0.2, 0.25) is 13.1 Å². The Kier molecular flexibility index (Phi) is 3.97. The molecule has 1 unspecified atom stereocenters. The molecule has 2 heteroatoms. The van der Waals surface area contributed by atoms with Crippen LogP contribution in [0.3, 0.4) is 0 Å². The molecule has 2 N–H and O–H groups in total. The third-order valence-corrected chi connectivity index (χ3v) is 1.47. The van der Waals surface area contributed by atoms with Gasteiger partial charge >= 0.3 is 0 Å². The average Bonchev–Trinajstić information content (AvgIpc) is 1.65. The molecule has 0 aromatic heterocycles. The van der Waals surface area contributed by atoms with Gasteiger partial charge in [0.2, 0.25) is 6.85 Å². The molecule has 0 heterocycles. The van der Waals surface area contributed by atoms with Gasteiger partial charge in [0.05, 0.1) is 0 Å². The van der Waals surface area contributed by atoms with Crippen molar-refractivity contribution >= 4 is 6.85 Å². The monoisotopic (exact) mass is 113 g/mol. The first-order valence-electron chi connectivity index (χ1n) is 3.42. The van der Waals surface area contributed by atoms with E-state index in [-0.39, 0.29) is 0 Å². The smallest absolute Gasteiger partial charge is 0.214 e. The molecule has 0 aromatic carbocycles. The molecule has 0 aromatic rings. The molecule has 1 nitrogen and oxygen atoms in total. The van der Waals surface area contributed by atoms with Crippen LogP contribution in [0.1, 0.15) is 20.3 Å². The van der Waals surface area contributed by atoms with Gasteiger partial charge in [-0.15, -0.1) is 0 Å². The van der Waals surface area contributed by atoms with E-state index in [0.717, 1.165) is 12.2 Å². The van der Waals surface area contributed by atoms with Gasteiger partial charge in [0.1, 0.15) is 0 Å². The molecule has 0 spiro atoms. The highest BCUT2D eigenvalue weighted by atomic mass is 14.4. The number of hydrogen-bond acceptors (Lipinski definition) is 1. The highest BCUT2D eigenvalue weighted by molar-refractivity contribution is 6.53. The Morgan fingerprint density at radius 3 is 2.25 bits per heavy atom. The molecule has 8 heavy (non-hydrogen) atoms. The fourth-order valence-electron chi connectivity index (χ4n) is 0.801. The molecule has 48 valence electrons. The normalized spacial score (nSPS) is 13.5. The lowest BCUT2D eigenvalue weighted by molar-refractivity contribution is 0.619. The van der Waals surface area contributed by atoms with Gasteiger partial charge in [-0.05, 0) is 5.92 Å². The molecule has 0 amide bonds. The highest BCUT2D eigenvalue weighted by Crippen LogP contribution is 2.07. The van der Waals surface area contributed by atoms with E-state index in [1.54, 1.807) is 0 Å². The van der Waals surface area contributed by atoms with Gasteiger partial charge in [-0.1, -0.05) is 33.4 Å². The van der Waals surface area contributed by atoms with Crippen LogP contribution in [0.5, 0.6) is 0 Å². The summed E-state index contributed by atoms with van der Waals surface area (Å²) in [6, 6.07) is 0.